The number of benzene rings is 2. The molecule has 0 saturated carbocycles. The van der Waals surface area contributed by atoms with Gasteiger partial charge in [-0.25, -0.2) is 4.98 Å². The van der Waals surface area contributed by atoms with Gasteiger partial charge in [0.1, 0.15) is 5.75 Å². The zero-order chi connectivity index (χ0) is 16.1. The Kier molecular flexibility index (Phi) is 4.68. The second kappa shape index (κ2) is 7.07. The van der Waals surface area contributed by atoms with Crippen LogP contribution in [0.15, 0.2) is 66.2 Å². The van der Waals surface area contributed by atoms with Crippen LogP contribution in [0.25, 0.3) is 0 Å². The molecule has 3 rings (SSSR count). The molecule has 4 nitrogen and oxygen atoms in total. The van der Waals surface area contributed by atoms with E-state index in [2.05, 4.69) is 4.98 Å². The quantitative estimate of drug-likeness (QED) is 0.706. The summed E-state index contributed by atoms with van der Waals surface area (Å²) in [5.74, 6) is 0.526. The normalized spacial score (nSPS) is 10.3. The molecule has 0 unspecified atom stereocenters. The Morgan fingerprint density at radius 2 is 2.00 bits per heavy atom. The van der Waals surface area contributed by atoms with Crippen LogP contribution in [-0.2, 0) is 4.79 Å². The smallest absolute Gasteiger partial charge is 0.271 e. The summed E-state index contributed by atoms with van der Waals surface area (Å²) in [4.78, 5) is 18.5. The highest BCUT2D eigenvalue weighted by Gasteiger charge is 2.20. The molecule has 23 heavy (non-hydrogen) atoms. The van der Waals surface area contributed by atoms with E-state index in [0.717, 1.165) is 11.3 Å². The predicted octanol–water partition coefficient (Wildman–Crippen LogP) is 4.20. The number of ether oxygens (including phenoxy) is 1. The fourth-order valence-corrected chi connectivity index (χ4v) is 2.86. The summed E-state index contributed by atoms with van der Waals surface area (Å²) in [6.45, 7) is 1.94. The molecule has 2 aromatic carbocycles. The largest absolute Gasteiger partial charge is 0.484 e. The maximum atomic E-state index is 12.7. The molecule has 0 bridgehead atoms. The van der Waals surface area contributed by atoms with Crippen LogP contribution >= 0.6 is 11.3 Å². The Morgan fingerprint density at radius 1 is 1.17 bits per heavy atom. The number of carbonyl (C=O) groups is 1. The minimum absolute atomic E-state index is 0.0437. The lowest BCUT2D eigenvalue weighted by atomic mass is 10.2. The Morgan fingerprint density at radius 3 is 2.70 bits per heavy atom. The summed E-state index contributed by atoms with van der Waals surface area (Å²) < 4.78 is 5.63. The zero-order valence-electron chi connectivity index (χ0n) is 12.7. The molecule has 0 aliphatic rings. The van der Waals surface area contributed by atoms with Crippen molar-refractivity contribution in [1.29, 1.82) is 0 Å². The first kappa shape index (κ1) is 15.2. The molecular formula is C18H16N2O2S. The van der Waals surface area contributed by atoms with Crippen LogP contribution in [0.5, 0.6) is 5.75 Å². The zero-order valence-corrected chi connectivity index (χ0v) is 13.5. The molecule has 0 aliphatic heterocycles. The van der Waals surface area contributed by atoms with Gasteiger partial charge in [-0.1, -0.05) is 30.3 Å². The van der Waals surface area contributed by atoms with Crippen molar-refractivity contribution in [1.82, 2.24) is 4.98 Å². The van der Waals surface area contributed by atoms with Crippen LogP contribution in [0.3, 0.4) is 0 Å². The number of aromatic nitrogens is 1. The van der Waals surface area contributed by atoms with Crippen molar-refractivity contribution < 1.29 is 9.53 Å². The van der Waals surface area contributed by atoms with Crippen molar-refractivity contribution in [3.05, 3.63) is 71.7 Å². The van der Waals surface area contributed by atoms with Gasteiger partial charge in [0, 0.05) is 11.6 Å². The molecule has 0 saturated heterocycles. The van der Waals surface area contributed by atoms with Gasteiger partial charge in [0.05, 0.1) is 5.69 Å². The van der Waals surface area contributed by atoms with Crippen LogP contribution in [0.1, 0.15) is 5.56 Å². The Bertz CT molecular complexity index is 773. The number of hydrogen-bond donors (Lipinski definition) is 0. The fourth-order valence-electron chi connectivity index (χ4n) is 2.18. The SMILES string of the molecule is Cc1cccc(OCC(=O)N(c2ccccc2)c2nccs2)c1. The van der Waals surface area contributed by atoms with Crippen molar-refractivity contribution in [3.8, 4) is 5.75 Å². The van der Waals surface area contributed by atoms with Gasteiger partial charge in [0.25, 0.3) is 5.91 Å². The van der Waals surface area contributed by atoms with Gasteiger partial charge in [-0.05, 0) is 36.8 Å². The lowest BCUT2D eigenvalue weighted by Gasteiger charge is -2.20. The fraction of sp³-hybridized carbons (Fsp3) is 0.111. The molecule has 1 heterocycles. The van der Waals surface area contributed by atoms with E-state index in [9.17, 15) is 4.79 Å². The second-order valence-electron chi connectivity index (χ2n) is 4.98. The maximum Gasteiger partial charge on any atom is 0.271 e. The van der Waals surface area contributed by atoms with Gasteiger partial charge >= 0.3 is 0 Å². The van der Waals surface area contributed by atoms with Crippen molar-refractivity contribution in [2.45, 2.75) is 6.92 Å². The summed E-state index contributed by atoms with van der Waals surface area (Å²) in [5, 5.41) is 2.48. The monoisotopic (exact) mass is 324 g/mol. The number of thiazole rings is 1. The van der Waals surface area contributed by atoms with E-state index in [0.29, 0.717) is 10.9 Å². The van der Waals surface area contributed by atoms with Gasteiger partial charge in [-0.2, -0.15) is 0 Å². The average molecular weight is 324 g/mol. The van der Waals surface area contributed by atoms with Crippen LogP contribution < -0.4 is 9.64 Å². The van der Waals surface area contributed by atoms with E-state index in [1.807, 2.05) is 66.9 Å². The minimum Gasteiger partial charge on any atom is -0.484 e. The standard InChI is InChI=1S/C18H16N2O2S/c1-14-6-5-9-16(12-14)22-13-17(21)20(18-19-10-11-23-18)15-7-3-2-4-8-15/h2-12H,13H2,1H3. The van der Waals surface area contributed by atoms with Gasteiger partial charge in [0.15, 0.2) is 11.7 Å². The van der Waals surface area contributed by atoms with Crippen molar-refractivity contribution in [3.63, 3.8) is 0 Å². The second-order valence-corrected chi connectivity index (χ2v) is 5.86. The highest BCUT2D eigenvalue weighted by Crippen LogP contribution is 2.27. The third-order valence-electron chi connectivity index (χ3n) is 3.23. The molecule has 116 valence electrons. The highest BCUT2D eigenvalue weighted by atomic mass is 32.1. The van der Waals surface area contributed by atoms with E-state index in [4.69, 9.17) is 4.74 Å². The lowest BCUT2D eigenvalue weighted by Crippen LogP contribution is -2.30. The number of para-hydroxylation sites is 1. The number of nitrogens with zero attached hydrogens (tertiary/aromatic N) is 2. The summed E-state index contributed by atoms with van der Waals surface area (Å²) in [7, 11) is 0. The van der Waals surface area contributed by atoms with Gasteiger partial charge in [-0.15, -0.1) is 11.3 Å². The van der Waals surface area contributed by atoms with Gasteiger partial charge < -0.3 is 4.74 Å². The Hall–Kier alpha value is -2.66. The average Bonchev–Trinajstić information content (AvgIpc) is 3.08. The number of anilines is 2. The Labute approximate surface area is 139 Å². The highest BCUT2D eigenvalue weighted by molar-refractivity contribution is 7.13. The van der Waals surface area contributed by atoms with Crippen LogP contribution in [0.4, 0.5) is 10.8 Å². The van der Waals surface area contributed by atoms with Crippen molar-refractivity contribution in [2.75, 3.05) is 11.5 Å². The first-order valence-corrected chi connectivity index (χ1v) is 8.09. The number of carbonyl (C=O) groups excluding carboxylic acids is 1. The van der Waals surface area contributed by atoms with Crippen molar-refractivity contribution >= 4 is 28.1 Å². The first-order chi connectivity index (χ1) is 11.2. The maximum absolute atomic E-state index is 12.7. The molecule has 5 heteroatoms. The number of rotatable bonds is 5. The molecular weight excluding hydrogens is 308 g/mol. The molecule has 0 N–H and O–H groups in total. The van der Waals surface area contributed by atoms with Gasteiger partial charge in [0.2, 0.25) is 0 Å². The van der Waals surface area contributed by atoms with E-state index in [1.54, 1.807) is 11.1 Å². The number of amides is 1. The summed E-state index contributed by atoms with van der Waals surface area (Å²) >= 11 is 1.42. The predicted molar refractivity (Wildman–Crippen MR) is 92.4 cm³/mol. The molecule has 0 fully saturated rings. The number of aryl methyl sites for hydroxylation is 1. The molecule has 0 spiro atoms. The molecule has 0 radical (unpaired) electrons. The third-order valence-corrected chi connectivity index (χ3v) is 3.98. The van der Waals surface area contributed by atoms with Crippen LogP contribution in [0.2, 0.25) is 0 Å². The van der Waals surface area contributed by atoms with Gasteiger partial charge in [-0.3, -0.25) is 9.69 Å². The summed E-state index contributed by atoms with van der Waals surface area (Å²) in [6, 6.07) is 17.1. The summed E-state index contributed by atoms with van der Waals surface area (Å²) in [5.41, 5.74) is 1.87. The van der Waals surface area contributed by atoms with E-state index in [1.165, 1.54) is 11.3 Å². The molecule has 1 amide bonds. The van der Waals surface area contributed by atoms with Crippen LogP contribution in [0, 0.1) is 6.92 Å². The molecule has 3 aromatic rings. The van der Waals surface area contributed by atoms with Crippen LogP contribution in [-0.4, -0.2) is 17.5 Å². The number of hydrogen-bond acceptors (Lipinski definition) is 4. The molecule has 1 aromatic heterocycles. The minimum atomic E-state index is -0.160. The Balaban J connectivity index is 1.79. The molecule has 0 aliphatic carbocycles. The first-order valence-electron chi connectivity index (χ1n) is 7.21. The topological polar surface area (TPSA) is 42.4 Å². The van der Waals surface area contributed by atoms with E-state index >= 15 is 0 Å². The third kappa shape index (κ3) is 3.76. The molecule has 0 atom stereocenters. The van der Waals surface area contributed by atoms with E-state index < -0.39 is 0 Å². The summed E-state index contributed by atoms with van der Waals surface area (Å²) in [6.07, 6.45) is 1.69. The van der Waals surface area contributed by atoms with Crippen molar-refractivity contribution in [2.24, 2.45) is 0 Å². The van der Waals surface area contributed by atoms with E-state index in [-0.39, 0.29) is 12.5 Å². The lowest BCUT2D eigenvalue weighted by molar-refractivity contribution is -0.119.